The molecule has 1 aromatic carbocycles. The van der Waals surface area contributed by atoms with Gasteiger partial charge >= 0.3 is 0 Å². The van der Waals surface area contributed by atoms with Crippen molar-refractivity contribution in [2.24, 2.45) is 0 Å². The Morgan fingerprint density at radius 3 is 2.26 bits per heavy atom. The van der Waals surface area contributed by atoms with E-state index in [1.807, 2.05) is 6.92 Å². The van der Waals surface area contributed by atoms with E-state index in [2.05, 4.69) is 20.3 Å². The molecule has 2 rings (SSSR count). The van der Waals surface area contributed by atoms with E-state index in [1.54, 1.807) is 19.1 Å². The number of benzene rings is 1. The number of thioether (sulfide) groups is 1. The van der Waals surface area contributed by atoms with Crippen LogP contribution in [0.4, 0.5) is 16.3 Å². The molecule has 1 heterocycles. The Kier molecular flexibility index (Phi) is 5.32. The number of carbonyl (C=O) groups excluding carboxylic acids is 1. The predicted octanol–water partition coefficient (Wildman–Crippen LogP) is 1.53. The second-order valence-electron chi connectivity index (χ2n) is 4.88. The molecule has 5 N–H and O–H groups in total. The number of anilines is 2. The quantitative estimate of drug-likeness (QED) is 0.708. The summed E-state index contributed by atoms with van der Waals surface area (Å²) < 4.78 is 12.9. The van der Waals surface area contributed by atoms with Gasteiger partial charge < -0.3 is 16.8 Å². The molecule has 7 nitrogen and oxygen atoms in total. The summed E-state index contributed by atoms with van der Waals surface area (Å²) in [6, 6.07) is 5.72. The van der Waals surface area contributed by atoms with Crippen molar-refractivity contribution in [3.8, 4) is 0 Å². The lowest BCUT2D eigenvalue weighted by atomic mass is 10.1. The summed E-state index contributed by atoms with van der Waals surface area (Å²) in [6.45, 7) is 3.54. The van der Waals surface area contributed by atoms with Crippen LogP contribution in [-0.4, -0.2) is 26.1 Å². The number of halogens is 1. The van der Waals surface area contributed by atoms with E-state index in [0.717, 1.165) is 17.3 Å². The molecule has 1 amide bonds. The lowest BCUT2D eigenvalue weighted by Crippen LogP contribution is -2.33. The van der Waals surface area contributed by atoms with Crippen LogP contribution in [-0.2, 0) is 4.79 Å². The molecule has 9 heteroatoms. The summed E-state index contributed by atoms with van der Waals surface area (Å²) in [6.07, 6.45) is 0. The van der Waals surface area contributed by atoms with E-state index in [9.17, 15) is 9.18 Å². The first kappa shape index (κ1) is 16.9. The van der Waals surface area contributed by atoms with Crippen molar-refractivity contribution in [1.29, 1.82) is 0 Å². The molecule has 0 unspecified atom stereocenters. The van der Waals surface area contributed by atoms with Gasteiger partial charge in [-0.2, -0.15) is 15.0 Å². The largest absolute Gasteiger partial charge is 0.368 e. The van der Waals surface area contributed by atoms with Crippen LogP contribution in [0, 0.1) is 5.82 Å². The van der Waals surface area contributed by atoms with Crippen LogP contribution in [0.25, 0.3) is 0 Å². The smallest absolute Gasteiger partial charge is 0.233 e. The van der Waals surface area contributed by atoms with Gasteiger partial charge in [0.15, 0.2) is 5.16 Å². The van der Waals surface area contributed by atoms with E-state index in [4.69, 9.17) is 11.5 Å². The number of aromatic nitrogens is 3. The van der Waals surface area contributed by atoms with E-state index < -0.39 is 5.25 Å². The molecule has 0 fully saturated rings. The lowest BCUT2D eigenvalue weighted by Gasteiger charge is -2.17. The monoisotopic (exact) mass is 336 g/mol. The van der Waals surface area contributed by atoms with Crippen LogP contribution < -0.4 is 16.8 Å². The molecule has 0 saturated carbocycles. The van der Waals surface area contributed by atoms with E-state index in [0.29, 0.717) is 0 Å². The second-order valence-corrected chi connectivity index (χ2v) is 6.18. The van der Waals surface area contributed by atoms with Gasteiger partial charge in [-0.05, 0) is 31.5 Å². The Morgan fingerprint density at radius 2 is 1.70 bits per heavy atom. The van der Waals surface area contributed by atoms with Crippen molar-refractivity contribution in [1.82, 2.24) is 20.3 Å². The molecule has 0 radical (unpaired) electrons. The number of nitrogen functional groups attached to an aromatic ring is 2. The first-order valence-corrected chi connectivity index (χ1v) is 7.72. The summed E-state index contributed by atoms with van der Waals surface area (Å²) in [7, 11) is 0. The fourth-order valence-corrected chi connectivity index (χ4v) is 2.60. The van der Waals surface area contributed by atoms with Crippen LogP contribution in [0.15, 0.2) is 29.4 Å². The molecule has 0 spiro atoms. The number of nitrogens with one attached hydrogen (secondary N) is 1. The fourth-order valence-electron chi connectivity index (χ4n) is 1.82. The Balaban J connectivity index is 1.97. The summed E-state index contributed by atoms with van der Waals surface area (Å²) >= 11 is 1.13. The van der Waals surface area contributed by atoms with Crippen molar-refractivity contribution in [2.75, 3.05) is 11.5 Å². The van der Waals surface area contributed by atoms with Gasteiger partial charge in [-0.1, -0.05) is 23.9 Å². The standard InChI is InChI=1S/C14H17FN6OS/c1-7(9-3-5-10(15)6-4-9)18-11(22)8(2)23-14-20-12(16)19-13(17)21-14/h3-8H,1-2H3,(H,18,22)(H4,16,17,19,20,21)/t7-,8+/m1/s1. The molecule has 122 valence electrons. The third-order valence-electron chi connectivity index (χ3n) is 3.03. The van der Waals surface area contributed by atoms with Crippen LogP contribution in [0.1, 0.15) is 25.5 Å². The topological polar surface area (TPSA) is 120 Å². The molecule has 1 aromatic heterocycles. The highest BCUT2D eigenvalue weighted by Crippen LogP contribution is 2.21. The van der Waals surface area contributed by atoms with Crippen LogP contribution in [0.5, 0.6) is 0 Å². The Hall–Kier alpha value is -2.42. The van der Waals surface area contributed by atoms with Gasteiger partial charge in [-0.3, -0.25) is 4.79 Å². The molecule has 2 atom stereocenters. The van der Waals surface area contributed by atoms with Crippen molar-refractivity contribution in [3.05, 3.63) is 35.6 Å². The summed E-state index contributed by atoms with van der Waals surface area (Å²) in [5.41, 5.74) is 11.8. The molecular formula is C14H17FN6OS. The third-order valence-corrected chi connectivity index (χ3v) is 3.99. The summed E-state index contributed by atoms with van der Waals surface area (Å²) in [4.78, 5) is 23.7. The van der Waals surface area contributed by atoms with Gasteiger partial charge in [0, 0.05) is 0 Å². The molecule has 0 aliphatic carbocycles. The highest BCUT2D eigenvalue weighted by atomic mass is 32.2. The number of nitrogens with two attached hydrogens (primary N) is 2. The predicted molar refractivity (Wildman–Crippen MR) is 86.9 cm³/mol. The summed E-state index contributed by atoms with van der Waals surface area (Å²) in [5, 5.41) is 2.67. The molecule has 0 saturated heterocycles. The lowest BCUT2D eigenvalue weighted by molar-refractivity contribution is -0.120. The second kappa shape index (κ2) is 7.23. The highest BCUT2D eigenvalue weighted by molar-refractivity contribution is 8.00. The summed E-state index contributed by atoms with van der Waals surface area (Å²) in [5.74, 6) is -0.509. The Bertz CT molecular complexity index is 676. The molecule has 23 heavy (non-hydrogen) atoms. The zero-order valence-electron chi connectivity index (χ0n) is 12.7. The van der Waals surface area contributed by atoms with E-state index >= 15 is 0 Å². The minimum Gasteiger partial charge on any atom is -0.368 e. The number of carbonyl (C=O) groups is 1. The highest BCUT2D eigenvalue weighted by Gasteiger charge is 2.19. The van der Waals surface area contributed by atoms with Gasteiger partial charge in [0.05, 0.1) is 11.3 Å². The maximum Gasteiger partial charge on any atom is 0.233 e. The van der Waals surface area contributed by atoms with E-state index in [-0.39, 0.29) is 34.8 Å². The third kappa shape index (κ3) is 4.78. The molecule has 0 bridgehead atoms. The first-order valence-electron chi connectivity index (χ1n) is 6.84. The minimum atomic E-state index is -0.459. The molecule has 2 aromatic rings. The SMILES string of the molecule is C[C@H](Sc1nc(N)nc(N)n1)C(=O)N[C@H](C)c1ccc(F)cc1. The fraction of sp³-hybridized carbons (Fsp3) is 0.286. The zero-order chi connectivity index (χ0) is 17.0. The Labute approximate surface area is 137 Å². The number of nitrogens with zero attached hydrogens (tertiary/aromatic N) is 3. The zero-order valence-corrected chi connectivity index (χ0v) is 13.5. The van der Waals surface area contributed by atoms with Gasteiger partial charge in [0.2, 0.25) is 17.8 Å². The maximum atomic E-state index is 12.9. The van der Waals surface area contributed by atoms with Gasteiger partial charge in [0.25, 0.3) is 0 Å². The minimum absolute atomic E-state index is 0.00675. The van der Waals surface area contributed by atoms with Crippen molar-refractivity contribution in [2.45, 2.75) is 30.3 Å². The number of hydrogen-bond donors (Lipinski definition) is 3. The number of hydrogen-bond acceptors (Lipinski definition) is 7. The van der Waals surface area contributed by atoms with Crippen molar-refractivity contribution in [3.63, 3.8) is 0 Å². The average molecular weight is 336 g/mol. The molecular weight excluding hydrogens is 319 g/mol. The number of rotatable bonds is 5. The maximum absolute atomic E-state index is 12.9. The average Bonchev–Trinajstić information content (AvgIpc) is 2.46. The van der Waals surface area contributed by atoms with E-state index in [1.165, 1.54) is 12.1 Å². The Morgan fingerprint density at radius 1 is 1.13 bits per heavy atom. The molecule has 0 aliphatic rings. The van der Waals surface area contributed by atoms with Crippen LogP contribution in [0.3, 0.4) is 0 Å². The van der Waals surface area contributed by atoms with Crippen molar-refractivity contribution >= 4 is 29.6 Å². The van der Waals surface area contributed by atoms with Crippen molar-refractivity contribution < 1.29 is 9.18 Å². The molecule has 0 aliphatic heterocycles. The van der Waals surface area contributed by atoms with Gasteiger partial charge in [-0.15, -0.1) is 0 Å². The normalized spacial score (nSPS) is 13.3. The van der Waals surface area contributed by atoms with Gasteiger partial charge in [-0.25, -0.2) is 4.39 Å². The first-order chi connectivity index (χ1) is 10.8. The van der Waals surface area contributed by atoms with Crippen LogP contribution in [0.2, 0.25) is 0 Å². The number of amides is 1. The van der Waals surface area contributed by atoms with Gasteiger partial charge in [0.1, 0.15) is 5.82 Å². The van der Waals surface area contributed by atoms with Crippen LogP contribution >= 0.6 is 11.8 Å².